The molecule has 9 heteroatoms. The molecule has 1 aromatic heterocycles. The third kappa shape index (κ3) is 4.13. The van der Waals surface area contributed by atoms with E-state index >= 15 is 0 Å². The van der Waals surface area contributed by atoms with E-state index in [4.69, 9.17) is 4.74 Å². The fourth-order valence-electron chi connectivity index (χ4n) is 4.16. The van der Waals surface area contributed by atoms with E-state index in [1.165, 1.54) is 7.11 Å². The van der Waals surface area contributed by atoms with Gasteiger partial charge < -0.3 is 24.4 Å². The fraction of sp³-hybridized carbons (Fsp3) is 0.409. The highest BCUT2D eigenvalue weighted by Crippen LogP contribution is 2.26. The number of aromatic nitrogens is 1. The van der Waals surface area contributed by atoms with Gasteiger partial charge in [0, 0.05) is 32.5 Å². The van der Waals surface area contributed by atoms with E-state index in [0.717, 1.165) is 11.3 Å². The first kappa shape index (κ1) is 20.9. The Morgan fingerprint density at radius 1 is 1.16 bits per heavy atom. The molecule has 9 nitrogen and oxygen atoms in total. The average Bonchev–Trinajstić information content (AvgIpc) is 3.24. The summed E-state index contributed by atoms with van der Waals surface area (Å²) in [7, 11) is 3.23. The molecule has 0 radical (unpaired) electrons. The first-order valence-electron chi connectivity index (χ1n) is 10.2. The van der Waals surface area contributed by atoms with E-state index in [2.05, 4.69) is 10.2 Å². The average molecular weight is 425 g/mol. The van der Waals surface area contributed by atoms with Crippen molar-refractivity contribution in [1.82, 2.24) is 19.7 Å². The number of benzene rings is 1. The number of ketones is 1. The molecule has 4 rings (SSSR count). The molecule has 164 valence electrons. The first-order chi connectivity index (χ1) is 14.9. The molecule has 0 saturated carbocycles. The Hall–Kier alpha value is -3.33. The lowest BCUT2D eigenvalue weighted by atomic mass is 10.1. The van der Waals surface area contributed by atoms with Gasteiger partial charge >= 0.3 is 6.03 Å². The lowest BCUT2D eigenvalue weighted by molar-refractivity contribution is -0.122. The van der Waals surface area contributed by atoms with E-state index in [-0.39, 0.29) is 36.7 Å². The quantitative estimate of drug-likeness (QED) is 0.763. The number of nitrogens with zero attached hydrogens (tertiary/aromatic N) is 4. The summed E-state index contributed by atoms with van der Waals surface area (Å²) in [6.45, 7) is 2.81. The summed E-state index contributed by atoms with van der Waals surface area (Å²) < 4.78 is 7.18. The molecule has 2 aliphatic heterocycles. The van der Waals surface area contributed by atoms with E-state index in [9.17, 15) is 14.4 Å². The number of Topliss-reactive ketones (excluding diaryl/α,β-unsaturated/α-hetero) is 1. The summed E-state index contributed by atoms with van der Waals surface area (Å²) in [6, 6.07) is 11.0. The highest BCUT2D eigenvalue weighted by molar-refractivity contribution is 5.94. The molecule has 3 amide bonds. The number of methoxy groups -OCH3 is 1. The number of ether oxygens (including phenoxy) is 1. The number of urea groups is 1. The van der Waals surface area contributed by atoms with Gasteiger partial charge in [-0.2, -0.15) is 0 Å². The van der Waals surface area contributed by atoms with Crippen molar-refractivity contribution in [3.05, 3.63) is 53.9 Å². The van der Waals surface area contributed by atoms with Gasteiger partial charge in [0.1, 0.15) is 5.69 Å². The zero-order chi connectivity index (χ0) is 22.1. The Bertz CT molecular complexity index is 986. The van der Waals surface area contributed by atoms with Crippen LogP contribution >= 0.6 is 0 Å². The smallest absolute Gasteiger partial charge is 0.322 e. The van der Waals surface area contributed by atoms with Crippen LogP contribution in [-0.2, 0) is 9.53 Å². The van der Waals surface area contributed by atoms with Gasteiger partial charge in [0.25, 0.3) is 5.91 Å². The van der Waals surface area contributed by atoms with Crippen LogP contribution in [0.2, 0.25) is 0 Å². The predicted octanol–water partition coefficient (Wildman–Crippen LogP) is 1.80. The first-order valence-corrected chi connectivity index (χ1v) is 10.2. The van der Waals surface area contributed by atoms with E-state index in [0.29, 0.717) is 19.0 Å². The Morgan fingerprint density at radius 2 is 1.90 bits per heavy atom. The molecule has 1 aromatic carbocycles. The van der Waals surface area contributed by atoms with Crippen molar-refractivity contribution in [2.75, 3.05) is 38.9 Å². The van der Waals surface area contributed by atoms with Crippen LogP contribution in [0.1, 0.15) is 28.5 Å². The van der Waals surface area contributed by atoms with Crippen molar-refractivity contribution in [3.8, 4) is 0 Å². The predicted molar refractivity (Wildman–Crippen MR) is 115 cm³/mol. The maximum Gasteiger partial charge on any atom is 0.322 e. The fourth-order valence-corrected chi connectivity index (χ4v) is 4.16. The number of aryl methyl sites for hydroxylation is 1. The third-order valence-corrected chi connectivity index (χ3v) is 5.77. The lowest BCUT2D eigenvalue weighted by Gasteiger charge is -2.41. The van der Waals surface area contributed by atoms with Gasteiger partial charge in [0.05, 0.1) is 25.9 Å². The number of carbonyl (C=O) groups is 3. The largest absolute Gasteiger partial charge is 0.359 e. The Kier molecular flexibility index (Phi) is 5.69. The maximum absolute atomic E-state index is 13.0. The molecule has 3 heterocycles. The van der Waals surface area contributed by atoms with Crippen molar-refractivity contribution in [1.29, 1.82) is 0 Å². The van der Waals surface area contributed by atoms with Crippen LogP contribution in [0.25, 0.3) is 0 Å². The highest BCUT2D eigenvalue weighted by Gasteiger charge is 2.36. The molecule has 0 spiro atoms. The van der Waals surface area contributed by atoms with Crippen LogP contribution in [0.15, 0.2) is 42.6 Å². The number of nitrogens with one attached hydrogen (secondary N) is 1. The highest BCUT2D eigenvalue weighted by atomic mass is 16.5. The van der Waals surface area contributed by atoms with E-state index in [1.54, 1.807) is 39.7 Å². The van der Waals surface area contributed by atoms with Gasteiger partial charge in [-0.25, -0.2) is 4.79 Å². The molecule has 31 heavy (non-hydrogen) atoms. The summed E-state index contributed by atoms with van der Waals surface area (Å²) in [5.74, 6) is -0.336. The Labute approximate surface area is 181 Å². The van der Waals surface area contributed by atoms with Crippen molar-refractivity contribution in [2.45, 2.75) is 25.6 Å². The second-order valence-electron chi connectivity index (χ2n) is 8.08. The summed E-state index contributed by atoms with van der Waals surface area (Å²) >= 11 is 0. The lowest BCUT2D eigenvalue weighted by Crippen LogP contribution is -2.58. The zero-order valence-electron chi connectivity index (χ0n) is 17.9. The third-order valence-electron chi connectivity index (χ3n) is 5.77. The molecule has 0 unspecified atom stereocenters. The molecule has 2 aliphatic rings. The maximum atomic E-state index is 13.0. The summed E-state index contributed by atoms with van der Waals surface area (Å²) in [5.41, 5.74) is 2.65. The molecule has 2 aromatic rings. The zero-order valence-corrected chi connectivity index (χ0v) is 17.9. The normalized spacial score (nSPS) is 21.2. The number of anilines is 1. The monoisotopic (exact) mass is 425 g/mol. The molecular weight excluding hydrogens is 398 g/mol. The summed E-state index contributed by atoms with van der Waals surface area (Å²) in [5, 5.41) is 2.79. The molecule has 2 atom stereocenters. The van der Waals surface area contributed by atoms with Crippen LogP contribution < -0.4 is 10.2 Å². The van der Waals surface area contributed by atoms with E-state index < -0.39 is 6.23 Å². The van der Waals surface area contributed by atoms with Crippen molar-refractivity contribution in [2.24, 2.45) is 0 Å². The van der Waals surface area contributed by atoms with Crippen LogP contribution in [0.3, 0.4) is 0 Å². The molecule has 1 saturated heterocycles. The minimum atomic E-state index is -0.611. The SMILES string of the molecule is CO[C@H]1NC(=O)c2cccn2[C@@H]1CC(=O)CN1CN(c2ccc(C)cc2)CN(C)C1=O. The van der Waals surface area contributed by atoms with Crippen molar-refractivity contribution >= 4 is 23.4 Å². The number of rotatable bonds is 6. The van der Waals surface area contributed by atoms with Crippen molar-refractivity contribution in [3.63, 3.8) is 0 Å². The Balaban J connectivity index is 1.47. The van der Waals surface area contributed by atoms with Gasteiger partial charge in [-0.1, -0.05) is 17.7 Å². The van der Waals surface area contributed by atoms with Gasteiger partial charge in [0.2, 0.25) is 0 Å². The molecule has 1 fully saturated rings. The van der Waals surface area contributed by atoms with Crippen molar-refractivity contribution < 1.29 is 19.1 Å². The van der Waals surface area contributed by atoms with Crippen LogP contribution in [0.4, 0.5) is 10.5 Å². The van der Waals surface area contributed by atoms with Crippen LogP contribution in [0, 0.1) is 6.92 Å². The number of hydrogen-bond donors (Lipinski definition) is 1. The van der Waals surface area contributed by atoms with Gasteiger partial charge in [-0.15, -0.1) is 0 Å². The minimum Gasteiger partial charge on any atom is -0.359 e. The van der Waals surface area contributed by atoms with Gasteiger partial charge in [0.15, 0.2) is 12.0 Å². The molecular formula is C22H27N5O4. The topological polar surface area (TPSA) is 87.1 Å². The number of amides is 3. The van der Waals surface area contributed by atoms with Crippen LogP contribution in [0.5, 0.6) is 0 Å². The number of carbonyl (C=O) groups excluding carboxylic acids is 3. The Morgan fingerprint density at radius 3 is 2.61 bits per heavy atom. The standard InChI is InChI=1S/C22H27N5O4/c1-15-6-8-16(9-7-15)26-13-24(2)22(30)25(14-26)12-17(28)11-19-21(31-3)23-20(29)18-5-4-10-27(18)19/h4-10,19,21H,11-14H2,1-3H3,(H,23,29)/t19-,21-/m1/s1. The molecule has 0 aliphatic carbocycles. The van der Waals surface area contributed by atoms with Gasteiger partial charge in [-0.3, -0.25) is 14.5 Å². The van der Waals surface area contributed by atoms with Crippen LogP contribution in [-0.4, -0.2) is 72.4 Å². The molecule has 1 N–H and O–H groups in total. The number of fused-ring (bicyclic) bond motifs is 1. The van der Waals surface area contributed by atoms with Gasteiger partial charge in [-0.05, 0) is 31.2 Å². The second-order valence-corrected chi connectivity index (χ2v) is 8.08. The van der Waals surface area contributed by atoms with E-state index in [1.807, 2.05) is 31.2 Å². The minimum absolute atomic E-state index is 0.0109. The molecule has 0 bridgehead atoms. The second kappa shape index (κ2) is 8.43. The summed E-state index contributed by atoms with van der Waals surface area (Å²) in [4.78, 5) is 43.0. The summed E-state index contributed by atoms with van der Waals surface area (Å²) in [6.07, 6.45) is 1.30. The number of hydrogen-bond acceptors (Lipinski definition) is 5.